The lowest BCUT2D eigenvalue weighted by Crippen LogP contribution is -2.42. The lowest BCUT2D eigenvalue weighted by molar-refractivity contribution is -0.138. The molecule has 0 fully saturated rings. The Kier molecular flexibility index (Phi) is 9.20. The second kappa shape index (κ2) is 12.8. The number of hydrogen-bond donors (Lipinski definition) is 3. The fourth-order valence-corrected chi connectivity index (χ4v) is 5.79. The molecule has 1 aromatic heterocycles. The van der Waals surface area contributed by atoms with Crippen LogP contribution in [-0.4, -0.2) is 54.9 Å². The van der Waals surface area contributed by atoms with E-state index < -0.39 is 28.0 Å². The van der Waals surface area contributed by atoms with Crippen LogP contribution in [0.4, 0.5) is 0 Å². The number of carboxylic acids is 2. The average molecular weight is 591 g/mol. The number of nitrogens with zero attached hydrogens (tertiary/aromatic N) is 1. The van der Waals surface area contributed by atoms with Crippen molar-refractivity contribution in [3.63, 3.8) is 0 Å². The van der Waals surface area contributed by atoms with Gasteiger partial charge in [0.15, 0.2) is 0 Å². The third-order valence-electron chi connectivity index (χ3n) is 6.83. The summed E-state index contributed by atoms with van der Waals surface area (Å²) in [7, 11) is -2.67. The van der Waals surface area contributed by atoms with Gasteiger partial charge in [0.25, 0.3) is 0 Å². The van der Waals surface area contributed by atoms with Crippen LogP contribution in [0.15, 0.2) is 71.6 Å². The highest BCUT2D eigenvalue weighted by Gasteiger charge is 2.28. The van der Waals surface area contributed by atoms with Crippen molar-refractivity contribution >= 4 is 32.9 Å². The molecule has 11 heteroatoms. The van der Waals surface area contributed by atoms with Crippen molar-refractivity contribution in [2.75, 3.05) is 13.7 Å². The van der Waals surface area contributed by atoms with Gasteiger partial charge in [-0.1, -0.05) is 18.1 Å². The molecule has 0 saturated heterocycles. The van der Waals surface area contributed by atoms with Gasteiger partial charge in [0.05, 0.1) is 17.6 Å². The number of hydrogen-bond acceptors (Lipinski definition) is 6. The maximum atomic E-state index is 13.2. The van der Waals surface area contributed by atoms with Crippen molar-refractivity contribution < 1.29 is 37.7 Å². The van der Waals surface area contributed by atoms with Crippen LogP contribution >= 0.6 is 0 Å². The molecule has 0 bridgehead atoms. The lowest BCUT2D eigenvalue weighted by atomic mass is 10.0. The molecule has 0 aliphatic rings. The molecular formula is C31H30N2O8S. The SMILES string of the molecule is CC#CCOc1ccc(S(=O)(=O)NC(Cc2c(C)n(Cc3ccc(C(=O)O)cc3)c3ccc(OC)cc23)C(=O)O)cc1. The number of sulfonamides is 1. The number of benzene rings is 3. The Morgan fingerprint density at radius 1 is 1.00 bits per heavy atom. The molecule has 4 rings (SSSR count). The molecule has 42 heavy (non-hydrogen) atoms. The minimum Gasteiger partial charge on any atom is -0.497 e. The van der Waals surface area contributed by atoms with Crippen LogP contribution in [0.2, 0.25) is 0 Å². The minimum absolute atomic E-state index is 0.103. The summed E-state index contributed by atoms with van der Waals surface area (Å²) in [4.78, 5) is 23.5. The highest BCUT2D eigenvalue weighted by Crippen LogP contribution is 2.31. The Bertz CT molecular complexity index is 1780. The number of nitrogens with one attached hydrogen (secondary N) is 1. The average Bonchev–Trinajstić information content (AvgIpc) is 3.22. The number of aromatic carboxylic acids is 1. The van der Waals surface area contributed by atoms with Crippen LogP contribution in [0, 0.1) is 18.8 Å². The van der Waals surface area contributed by atoms with Gasteiger partial charge < -0.3 is 24.3 Å². The number of rotatable bonds is 12. The van der Waals surface area contributed by atoms with Crippen molar-refractivity contribution in [3.05, 3.63) is 89.1 Å². The number of fused-ring (bicyclic) bond motifs is 1. The number of methoxy groups -OCH3 is 1. The molecule has 218 valence electrons. The van der Waals surface area contributed by atoms with E-state index >= 15 is 0 Å². The zero-order valence-corrected chi connectivity index (χ0v) is 24.1. The van der Waals surface area contributed by atoms with E-state index in [0.29, 0.717) is 23.6 Å². The predicted octanol–water partition coefficient (Wildman–Crippen LogP) is 4.08. The summed E-state index contributed by atoms with van der Waals surface area (Å²) < 4.78 is 41.5. The molecule has 3 N–H and O–H groups in total. The van der Waals surface area contributed by atoms with E-state index in [4.69, 9.17) is 9.47 Å². The molecule has 3 aromatic carbocycles. The zero-order valence-electron chi connectivity index (χ0n) is 23.2. The number of carbonyl (C=O) groups is 2. The third kappa shape index (κ3) is 6.74. The summed E-state index contributed by atoms with van der Waals surface area (Å²) in [6.07, 6.45) is -0.133. The van der Waals surface area contributed by atoms with Crippen LogP contribution in [0.25, 0.3) is 10.9 Å². The fourth-order valence-electron chi connectivity index (χ4n) is 4.60. The van der Waals surface area contributed by atoms with Gasteiger partial charge in [-0.25, -0.2) is 13.2 Å². The van der Waals surface area contributed by atoms with Crippen molar-refractivity contribution in [1.82, 2.24) is 9.29 Å². The molecule has 10 nitrogen and oxygen atoms in total. The molecule has 1 heterocycles. The molecule has 1 unspecified atom stereocenters. The second-order valence-electron chi connectivity index (χ2n) is 9.44. The Morgan fingerprint density at radius 2 is 1.67 bits per heavy atom. The zero-order chi connectivity index (χ0) is 30.4. The highest BCUT2D eigenvalue weighted by atomic mass is 32.2. The Balaban J connectivity index is 1.66. The first-order valence-corrected chi connectivity index (χ1v) is 14.4. The van der Waals surface area contributed by atoms with Gasteiger partial charge in [-0.05, 0) is 79.6 Å². The Hall–Kier alpha value is -4.79. The van der Waals surface area contributed by atoms with Gasteiger partial charge in [0.1, 0.15) is 24.1 Å². The maximum absolute atomic E-state index is 13.2. The summed E-state index contributed by atoms with van der Waals surface area (Å²) in [5, 5.41) is 20.0. The lowest BCUT2D eigenvalue weighted by Gasteiger charge is -2.16. The third-order valence-corrected chi connectivity index (χ3v) is 8.32. The first-order valence-electron chi connectivity index (χ1n) is 12.9. The maximum Gasteiger partial charge on any atom is 0.335 e. The summed E-state index contributed by atoms with van der Waals surface area (Å²) in [5.41, 5.74) is 3.18. The van der Waals surface area contributed by atoms with E-state index in [0.717, 1.165) is 22.2 Å². The van der Waals surface area contributed by atoms with Crippen molar-refractivity contribution in [2.24, 2.45) is 0 Å². The smallest absolute Gasteiger partial charge is 0.335 e. The van der Waals surface area contributed by atoms with Crippen molar-refractivity contribution in [1.29, 1.82) is 0 Å². The summed E-state index contributed by atoms with van der Waals surface area (Å²) >= 11 is 0. The van der Waals surface area contributed by atoms with E-state index in [-0.39, 0.29) is 23.5 Å². The first-order chi connectivity index (χ1) is 20.0. The van der Waals surface area contributed by atoms with Gasteiger partial charge in [0, 0.05) is 29.6 Å². The minimum atomic E-state index is -4.19. The standard InChI is InChI=1S/C31H30N2O8S/c1-4-5-16-41-23-10-13-25(14-11-23)42(38,39)32-28(31(36)37)18-26-20(2)33(29-15-12-24(40-3)17-27(26)29)19-21-6-8-22(9-7-21)30(34)35/h6-15,17,28,32H,16,18-19H2,1-3H3,(H,34,35)(H,36,37). The van der Waals surface area contributed by atoms with Gasteiger partial charge in [-0.15, -0.1) is 5.92 Å². The Morgan fingerprint density at radius 3 is 2.26 bits per heavy atom. The summed E-state index contributed by atoms with van der Waals surface area (Å²) in [6.45, 7) is 4.06. The van der Waals surface area contributed by atoms with Gasteiger partial charge in [-0.3, -0.25) is 4.79 Å². The predicted molar refractivity (Wildman–Crippen MR) is 157 cm³/mol. The van der Waals surface area contributed by atoms with Crippen LogP contribution in [-0.2, 0) is 27.8 Å². The van der Waals surface area contributed by atoms with E-state index in [1.807, 2.05) is 17.6 Å². The van der Waals surface area contributed by atoms with E-state index in [1.165, 1.54) is 43.5 Å². The number of aromatic nitrogens is 1. The monoisotopic (exact) mass is 590 g/mol. The molecule has 0 amide bonds. The van der Waals surface area contributed by atoms with E-state index in [9.17, 15) is 28.2 Å². The molecule has 4 aromatic rings. The number of aliphatic carboxylic acids is 1. The normalized spacial score (nSPS) is 11.9. The number of ether oxygens (including phenoxy) is 2. The molecule has 1 atom stereocenters. The summed E-state index contributed by atoms with van der Waals surface area (Å²) in [6, 6.07) is 16.1. The van der Waals surface area contributed by atoms with Crippen LogP contribution < -0.4 is 14.2 Å². The largest absolute Gasteiger partial charge is 0.497 e. The quantitative estimate of drug-likeness (QED) is 0.210. The molecule has 0 radical (unpaired) electrons. The topological polar surface area (TPSA) is 144 Å². The first kappa shape index (κ1) is 30.2. The fraction of sp³-hybridized carbons (Fsp3) is 0.226. The van der Waals surface area contributed by atoms with Crippen molar-refractivity contribution in [3.8, 4) is 23.3 Å². The Labute approximate surface area is 243 Å². The molecule has 0 spiro atoms. The van der Waals surface area contributed by atoms with Crippen LogP contribution in [0.5, 0.6) is 11.5 Å². The highest BCUT2D eigenvalue weighted by molar-refractivity contribution is 7.89. The molecule has 0 aliphatic carbocycles. The van der Waals surface area contributed by atoms with E-state index in [2.05, 4.69) is 16.6 Å². The summed E-state index contributed by atoms with van der Waals surface area (Å²) in [5.74, 6) is 4.09. The molecule has 0 saturated carbocycles. The van der Waals surface area contributed by atoms with Gasteiger partial charge in [-0.2, -0.15) is 4.72 Å². The second-order valence-corrected chi connectivity index (χ2v) is 11.2. The van der Waals surface area contributed by atoms with Crippen LogP contribution in [0.1, 0.15) is 34.1 Å². The molecule has 0 aliphatic heterocycles. The number of carboxylic acid groups (broad SMARTS) is 2. The van der Waals surface area contributed by atoms with Gasteiger partial charge >= 0.3 is 11.9 Å². The van der Waals surface area contributed by atoms with Crippen LogP contribution in [0.3, 0.4) is 0 Å². The van der Waals surface area contributed by atoms with Crippen molar-refractivity contribution in [2.45, 2.75) is 37.8 Å². The van der Waals surface area contributed by atoms with Gasteiger partial charge in [0.2, 0.25) is 10.0 Å². The molecular weight excluding hydrogens is 560 g/mol. The van der Waals surface area contributed by atoms with E-state index in [1.54, 1.807) is 31.2 Å².